The fourth-order valence-corrected chi connectivity index (χ4v) is 8.12. The summed E-state index contributed by atoms with van der Waals surface area (Å²) < 4.78 is 37.2. The summed E-state index contributed by atoms with van der Waals surface area (Å²) in [5.74, 6) is 8.88. The van der Waals surface area contributed by atoms with Crippen molar-refractivity contribution in [1.82, 2.24) is 30.1 Å². The van der Waals surface area contributed by atoms with Crippen LogP contribution in [0.15, 0.2) is 36.5 Å². The molecule has 2 aromatic carbocycles. The van der Waals surface area contributed by atoms with Crippen molar-refractivity contribution in [2.24, 2.45) is 0 Å². The van der Waals surface area contributed by atoms with Crippen molar-refractivity contribution in [3.63, 3.8) is 0 Å². The third kappa shape index (κ3) is 4.92. The highest BCUT2D eigenvalue weighted by Gasteiger charge is 2.48. The van der Waals surface area contributed by atoms with Crippen molar-refractivity contribution in [2.75, 3.05) is 45.2 Å². The summed E-state index contributed by atoms with van der Waals surface area (Å²) in [6.45, 7) is 2.73. The summed E-state index contributed by atoms with van der Waals surface area (Å²) in [6, 6.07) is 8.88. The zero-order chi connectivity index (χ0) is 33.2. The lowest BCUT2D eigenvalue weighted by Gasteiger charge is -2.30. The molecule has 0 saturated carbocycles. The number of pyridine rings is 1. The van der Waals surface area contributed by atoms with Crippen LogP contribution in [0.1, 0.15) is 43.5 Å². The Morgan fingerprint density at radius 2 is 2.08 bits per heavy atom. The molecule has 4 aromatic rings. The van der Waals surface area contributed by atoms with E-state index in [4.69, 9.17) is 21.1 Å². The molecule has 244 valence electrons. The number of benzene rings is 2. The zero-order valence-corrected chi connectivity index (χ0v) is 26.9. The smallest absolute Gasteiger partial charge is 0.409 e. The van der Waals surface area contributed by atoms with Gasteiger partial charge in [0.1, 0.15) is 29.5 Å². The van der Waals surface area contributed by atoms with Crippen LogP contribution in [0.2, 0.25) is 0 Å². The van der Waals surface area contributed by atoms with E-state index in [1.807, 2.05) is 6.07 Å². The van der Waals surface area contributed by atoms with Gasteiger partial charge in [-0.3, -0.25) is 9.88 Å². The van der Waals surface area contributed by atoms with Crippen molar-refractivity contribution in [3.8, 4) is 35.4 Å². The summed E-state index contributed by atoms with van der Waals surface area (Å²) >= 11 is 0. The predicted molar refractivity (Wildman–Crippen MR) is 179 cm³/mol. The van der Waals surface area contributed by atoms with E-state index in [0.717, 1.165) is 51.7 Å². The number of carbonyl (C=O) groups excluding carboxylic acids is 1. The molecular weight excluding hydrogens is 612 g/mol. The lowest BCUT2D eigenvalue weighted by Crippen LogP contribution is -2.44. The SMILES string of the molecule is C#Cc1c(F)ccc2cccc(-c3ncc4c(N5C[C@H]6C[C@@H]5CN6)nc(C#C[C@]56CCCN5[C@@H](COC(=O)N(C)C)CC6)nc4c3F)c12. The Hall–Kier alpha value is -4.84. The van der Waals surface area contributed by atoms with Gasteiger partial charge in [0.25, 0.3) is 0 Å². The van der Waals surface area contributed by atoms with Gasteiger partial charge in [-0.2, -0.15) is 0 Å². The number of nitrogens with zero attached hydrogens (tertiary/aromatic N) is 6. The molecule has 2 aromatic heterocycles. The standard InChI is InChI=1S/C37H35F2N7O2/c1-4-26-29(38)10-9-22-7-5-8-27(31(22)26)33-32(39)34-28(19-41-33)35(45-20-23-17-25(45)18-40-23)43-30(42-34)12-15-37-13-6-16-46(37)24(11-14-37)21-48-36(47)44(2)3/h1,5,7-10,19,23-25,40H,6,11,13-14,16-18,20-21H2,2-3H3/t23-,24-,25-,37-/m1/s1. The first-order valence-electron chi connectivity index (χ1n) is 16.4. The van der Waals surface area contributed by atoms with Crippen molar-refractivity contribution in [3.05, 3.63) is 59.6 Å². The number of anilines is 1. The molecule has 48 heavy (non-hydrogen) atoms. The number of carbonyl (C=O) groups is 1. The molecule has 6 heterocycles. The first-order chi connectivity index (χ1) is 23.3. The number of piperazine rings is 1. The van der Waals surface area contributed by atoms with Gasteiger partial charge in [0.2, 0.25) is 5.82 Å². The quantitative estimate of drug-likeness (QED) is 0.319. The zero-order valence-electron chi connectivity index (χ0n) is 26.9. The molecule has 0 radical (unpaired) electrons. The number of rotatable bonds is 4. The third-order valence-corrected chi connectivity index (χ3v) is 10.4. The average molecular weight is 648 g/mol. The van der Waals surface area contributed by atoms with Crippen LogP contribution in [0.3, 0.4) is 0 Å². The highest BCUT2D eigenvalue weighted by Crippen LogP contribution is 2.42. The Bertz CT molecular complexity index is 2090. The van der Waals surface area contributed by atoms with E-state index >= 15 is 4.39 Å². The first-order valence-corrected chi connectivity index (χ1v) is 16.4. The maximum absolute atomic E-state index is 16.8. The fraction of sp³-hybridized carbons (Fsp3) is 0.405. The normalized spacial score (nSPS) is 24.5. The van der Waals surface area contributed by atoms with Crippen LogP contribution >= 0.6 is 0 Å². The Labute approximate surface area is 277 Å². The van der Waals surface area contributed by atoms with Crippen molar-refractivity contribution >= 4 is 33.6 Å². The van der Waals surface area contributed by atoms with E-state index in [1.165, 1.54) is 11.0 Å². The molecule has 4 aliphatic rings. The van der Waals surface area contributed by atoms with Crippen LogP contribution < -0.4 is 10.2 Å². The van der Waals surface area contributed by atoms with Crippen LogP contribution in [0, 0.1) is 35.8 Å². The number of nitrogens with one attached hydrogen (secondary N) is 1. The van der Waals surface area contributed by atoms with Gasteiger partial charge in [0.15, 0.2) is 5.82 Å². The molecule has 9 nitrogen and oxygen atoms in total. The van der Waals surface area contributed by atoms with Gasteiger partial charge in [-0.15, -0.1) is 6.42 Å². The Balaban J connectivity index is 1.23. The van der Waals surface area contributed by atoms with Crippen molar-refractivity contribution in [2.45, 2.75) is 55.8 Å². The average Bonchev–Trinajstić information content (AvgIpc) is 3.89. The molecule has 8 rings (SSSR count). The fourth-order valence-electron chi connectivity index (χ4n) is 8.12. The molecule has 1 N–H and O–H groups in total. The molecule has 0 spiro atoms. The molecule has 11 heteroatoms. The van der Waals surface area contributed by atoms with Gasteiger partial charge in [0, 0.05) is 69.0 Å². The molecular formula is C37H35F2N7O2. The summed E-state index contributed by atoms with van der Waals surface area (Å²) in [4.78, 5) is 32.3. The predicted octanol–water partition coefficient (Wildman–Crippen LogP) is 4.70. The van der Waals surface area contributed by atoms with Gasteiger partial charge < -0.3 is 19.9 Å². The van der Waals surface area contributed by atoms with E-state index in [9.17, 15) is 9.18 Å². The van der Waals surface area contributed by atoms with E-state index in [-0.39, 0.29) is 46.3 Å². The lowest BCUT2D eigenvalue weighted by atomic mass is 9.95. The van der Waals surface area contributed by atoms with Crippen molar-refractivity contribution in [1.29, 1.82) is 0 Å². The number of hydrogen-bond donors (Lipinski definition) is 1. The molecule has 4 aliphatic heterocycles. The van der Waals surface area contributed by atoms with Crippen LogP contribution in [-0.4, -0.2) is 94.8 Å². The first kappa shape index (κ1) is 30.5. The number of aromatic nitrogens is 3. The van der Waals surface area contributed by atoms with Crippen LogP contribution in [0.4, 0.5) is 19.4 Å². The minimum absolute atomic E-state index is 0.0369. The Morgan fingerprint density at radius 3 is 2.85 bits per heavy atom. The molecule has 0 aliphatic carbocycles. The summed E-state index contributed by atoms with van der Waals surface area (Å²) in [5, 5.41) is 5.13. The maximum atomic E-state index is 16.8. The molecule has 4 fully saturated rings. The topological polar surface area (TPSA) is 86.7 Å². The van der Waals surface area contributed by atoms with Crippen LogP contribution in [0.25, 0.3) is 32.9 Å². The number of amides is 1. The summed E-state index contributed by atoms with van der Waals surface area (Å²) in [5.41, 5.74) is 0.220. The maximum Gasteiger partial charge on any atom is 0.409 e. The Morgan fingerprint density at radius 1 is 1.21 bits per heavy atom. The number of terminal acetylenes is 1. The van der Waals surface area contributed by atoms with Gasteiger partial charge >= 0.3 is 6.09 Å². The highest BCUT2D eigenvalue weighted by atomic mass is 19.1. The van der Waals surface area contributed by atoms with E-state index < -0.39 is 11.6 Å². The highest BCUT2D eigenvalue weighted by molar-refractivity contribution is 6.02. The van der Waals surface area contributed by atoms with Gasteiger partial charge in [0.05, 0.1) is 16.5 Å². The minimum Gasteiger partial charge on any atom is -0.448 e. The second kappa shape index (κ2) is 11.7. The van der Waals surface area contributed by atoms with E-state index in [0.29, 0.717) is 40.2 Å². The van der Waals surface area contributed by atoms with Gasteiger partial charge in [-0.25, -0.2) is 23.5 Å². The molecule has 1 amide bonds. The number of halogens is 2. The second-order valence-electron chi connectivity index (χ2n) is 13.4. The van der Waals surface area contributed by atoms with Gasteiger partial charge in [-0.1, -0.05) is 36.1 Å². The number of hydrogen-bond acceptors (Lipinski definition) is 8. The van der Waals surface area contributed by atoms with Crippen LogP contribution in [-0.2, 0) is 4.74 Å². The molecule has 0 unspecified atom stereocenters. The van der Waals surface area contributed by atoms with E-state index in [2.05, 4.69) is 37.9 Å². The van der Waals surface area contributed by atoms with Crippen molar-refractivity contribution < 1.29 is 18.3 Å². The lowest BCUT2D eigenvalue weighted by molar-refractivity contribution is 0.0794. The molecule has 4 atom stereocenters. The van der Waals surface area contributed by atoms with E-state index in [1.54, 1.807) is 38.5 Å². The summed E-state index contributed by atoms with van der Waals surface area (Å²) in [7, 11) is 3.34. The van der Waals surface area contributed by atoms with Gasteiger partial charge in [-0.05, 0) is 49.5 Å². The Kier molecular flexibility index (Phi) is 7.43. The minimum atomic E-state index is -0.634. The molecule has 4 saturated heterocycles. The second-order valence-corrected chi connectivity index (χ2v) is 13.4. The number of ether oxygens (including phenoxy) is 1. The third-order valence-electron chi connectivity index (χ3n) is 10.4. The number of fused-ring (bicyclic) bond motifs is 5. The molecule has 2 bridgehead atoms. The van der Waals surface area contributed by atoms with Crippen LogP contribution in [0.5, 0.6) is 0 Å². The summed E-state index contributed by atoms with van der Waals surface area (Å²) in [6.07, 6.45) is 11.5. The monoisotopic (exact) mass is 647 g/mol. The largest absolute Gasteiger partial charge is 0.448 e.